The monoisotopic (exact) mass is 288 g/mol. The molecule has 0 aliphatic carbocycles. The molecule has 0 bridgehead atoms. The van der Waals surface area contributed by atoms with Gasteiger partial charge in [-0.3, -0.25) is 4.90 Å². The third kappa shape index (κ3) is 3.87. The predicted molar refractivity (Wildman–Crippen MR) is 92.0 cm³/mol. The van der Waals surface area contributed by atoms with E-state index in [1.165, 1.54) is 22.3 Å². The molecule has 0 spiro atoms. The Bertz CT molecular complexity index is 476. The van der Waals surface area contributed by atoms with E-state index in [1.807, 2.05) is 0 Å². The summed E-state index contributed by atoms with van der Waals surface area (Å²) in [7, 11) is 0. The molecule has 2 rings (SSSR count). The summed E-state index contributed by atoms with van der Waals surface area (Å²) >= 11 is 0. The van der Waals surface area contributed by atoms with E-state index >= 15 is 0 Å². The number of hydrogen-bond acceptors (Lipinski definition) is 2. The molecule has 1 saturated heterocycles. The third-order valence-electron chi connectivity index (χ3n) is 4.82. The van der Waals surface area contributed by atoms with Gasteiger partial charge in [-0.1, -0.05) is 32.9 Å². The molecule has 2 unspecified atom stereocenters. The number of nitrogens with zero attached hydrogens (tertiary/aromatic N) is 1. The van der Waals surface area contributed by atoms with Crippen LogP contribution in [0.25, 0.3) is 0 Å². The van der Waals surface area contributed by atoms with Gasteiger partial charge in [0.1, 0.15) is 0 Å². The van der Waals surface area contributed by atoms with Gasteiger partial charge in [-0.15, -0.1) is 0 Å². The molecule has 1 aromatic carbocycles. The first-order valence-corrected chi connectivity index (χ1v) is 8.26. The van der Waals surface area contributed by atoms with E-state index in [4.69, 9.17) is 0 Å². The van der Waals surface area contributed by atoms with Crippen molar-refractivity contribution in [3.8, 4) is 0 Å². The number of rotatable bonds is 2. The first-order chi connectivity index (χ1) is 9.68. The molecule has 1 aliphatic heterocycles. The highest BCUT2D eigenvalue weighted by Gasteiger charge is 2.24. The van der Waals surface area contributed by atoms with E-state index in [9.17, 15) is 0 Å². The lowest BCUT2D eigenvalue weighted by Gasteiger charge is -2.38. The van der Waals surface area contributed by atoms with Crippen molar-refractivity contribution in [2.45, 2.75) is 72.5 Å². The van der Waals surface area contributed by atoms with Crippen LogP contribution in [0, 0.1) is 13.8 Å². The van der Waals surface area contributed by atoms with Crippen LogP contribution < -0.4 is 5.32 Å². The lowest BCUT2D eigenvalue weighted by atomic mass is 9.83. The van der Waals surface area contributed by atoms with Gasteiger partial charge in [0.15, 0.2) is 0 Å². The summed E-state index contributed by atoms with van der Waals surface area (Å²) < 4.78 is 0. The highest BCUT2D eigenvalue weighted by atomic mass is 15.2. The molecule has 1 heterocycles. The van der Waals surface area contributed by atoms with E-state index in [0.29, 0.717) is 12.1 Å². The maximum absolute atomic E-state index is 3.56. The minimum Gasteiger partial charge on any atom is -0.311 e. The van der Waals surface area contributed by atoms with Crippen LogP contribution in [0.4, 0.5) is 0 Å². The van der Waals surface area contributed by atoms with Crippen molar-refractivity contribution >= 4 is 0 Å². The van der Waals surface area contributed by atoms with Gasteiger partial charge in [-0.25, -0.2) is 0 Å². The van der Waals surface area contributed by atoms with Crippen molar-refractivity contribution in [2.75, 3.05) is 13.1 Å². The van der Waals surface area contributed by atoms with E-state index in [2.05, 4.69) is 70.8 Å². The molecule has 1 aromatic rings. The molecule has 2 atom stereocenters. The van der Waals surface area contributed by atoms with E-state index in [0.717, 1.165) is 19.6 Å². The van der Waals surface area contributed by atoms with Crippen molar-refractivity contribution in [3.63, 3.8) is 0 Å². The highest BCUT2D eigenvalue weighted by molar-refractivity contribution is 5.40. The Morgan fingerprint density at radius 2 is 1.71 bits per heavy atom. The Morgan fingerprint density at radius 3 is 2.24 bits per heavy atom. The molecule has 1 N–H and O–H groups in total. The van der Waals surface area contributed by atoms with Crippen molar-refractivity contribution in [2.24, 2.45) is 0 Å². The molecular weight excluding hydrogens is 256 g/mol. The molecule has 0 saturated carbocycles. The van der Waals surface area contributed by atoms with Crippen LogP contribution in [0.15, 0.2) is 12.1 Å². The maximum atomic E-state index is 3.56. The molecular formula is C19H32N2. The molecule has 0 aromatic heterocycles. The van der Waals surface area contributed by atoms with Gasteiger partial charge in [0, 0.05) is 31.7 Å². The minimum atomic E-state index is 0.227. The first-order valence-electron chi connectivity index (χ1n) is 8.26. The fraction of sp³-hybridized carbons (Fsp3) is 0.684. The van der Waals surface area contributed by atoms with Gasteiger partial charge in [-0.05, 0) is 55.4 Å². The average molecular weight is 288 g/mol. The van der Waals surface area contributed by atoms with Gasteiger partial charge in [0.2, 0.25) is 0 Å². The largest absolute Gasteiger partial charge is 0.311 e. The second-order valence-electron chi connectivity index (χ2n) is 7.93. The zero-order valence-electron chi connectivity index (χ0n) is 14.9. The Morgan fingerprint density at radius 1 is 1.14 bits per heavy atom. The SMILES string of the molecule is Cc1cc(C(C)(C)C)cc(C)c1CN1CC(C)NCC1C. The van der Waals surface area contributed by atoms with Crippen molar-refractivity contribution in [3.05, 3.63) is 34.4 Å². The lowest BCUT2D eigenvalue weighted by molar-refractivity contribution is 0.138. The molecule has 2 nitrogen and oxygen atoms in total. The topological polar surface area (TPSA) is 15.3 Å². The highest BCUT2D eigenvalue weighted by Crippen LogP contribution is 2.28. The summed E-state index contributed by atoms with van der Waals surface area (Å²) in [6, 6.07) is 5.98. The summed E-state index contributed by atoms with van der Waals surface area (Å²) in [5, 5.41) is 3.56. The van der Waals surface area contributed by atoms with Crippen molar-refractivity contribution in [1.82, 2.24) is 10.2 Å². The maximum Gasteiger partial charge on any atom is 0.0243 e. The summed E-state index contributed by atoms with van der Waals surface area (Å²) in [6.45, 7) is 19.3. The predicted octanol–water partition coefficient (Wildman–Crippen LogP) is 3.78. The van der Waals surface area contributed by atoms with Gasteiger partial charge in [0.05, 0.1) is 0 Å². The standard InChI is InChI=1S/C19H32N2/c1-13-8-17(19(5,6)7)9-14(2)18(13)12-21-11-15(3)20-10-16(21)4/h8-9,15-16,20H,10-12H2,1-7H3. The smallest absolute Gasteiger partial charge is 0.0243 e. The van der Waals surface area contributed by atoms with Gasteiger partial charge >= 0.3 is 0 Å². The molecule has 118 valence electrons. The number of aryl methyl sites for hydroxylation is 2. The van der Waals surface area contributed by atoms with Crippen LogP contribution >= 0.6 is 0 Å². The van der Waals surface area contributed by atoms with E-state index < -0.39 is 0 Å². The summed E-state index contributed by atoms with van der Waals surface area (Å²) in [6.07, 6.45) is 0. The second-order valence-corrected chi connectivity index (χ2v) is 7.93. The van der Waals surface area contributed by atoms with E-state index in [-0.39, 0.29) is 5.41 Å². The van der Waals surface area contributed by atoms with Gasteiger partial charge < -0.3 is 5.32 Å². The van der Waals surface area contributed by atoms with Crippen molar-refractivity contribution in [1.29, 1.82) is 0 Å². The summed E-state index contributed by atoms with van der Waals surface area (Å²) in [5.74, 6) is 0. The normalized spacial score (nSPS) is 24.3. The molecule has 0 radical (unpaired) electrons. The molecule has 21 heavy (non-hydrogen) atoms. The Balaban J connectivity index is 2.24. The molecule has 2 heteroatoms. The zero-order valence-corrected chi connectivity index (χ0v) is 14.9. The van der Waals surface area contributed by atoms with Crippen LogP contribution in [0.1, 0.15) is 56.9 Å². The van der Waals surface area contributed by atoms with Crippen LogP contribution in [-0.4, -0.2) is 30.1 Å². The van der Waals surface area contributed by atoms with E-state index in [1.54, 1.807) is 0 Å². The third-order valence-corrected chi connectivity index (χ3v) is 4.82. The zero-order chi connectivity index (χ0) is 15.8. The Hall–Kier alpha value is -0.860. The number of hydrogen-bond donors (Lipinski definition) is 1. The number of benzene rings is 1. The summed E-state index contributed by atoms with van der Waals surface area (Å²) in [4.78, 5) is 2.62. The Labute approximate surface area is 130 Å². The quantitative estimate of drug-likeness (QED) is 0.891. The van der Waals surface area contributed by atoms with Gasteiger partial charge in [0.25, 0.3) is 0 Å². The minimum absolute atomic E-state index is 0.227. The van der Waals surface area contributed by atoms with Crippen molar-refractivity contribution < 1.29 is 0 Å². The Kier molecular flexibility index (Phi) is 4.79. The van der Waals surface area contributed by atoms with Crippen LogP contribution in [0.3, 0.4) is 0 Å². The second kappa shape index (κ2) is 6.10. The molecule has 1 aliphatic rings. The fourth-order valence-electron chi connectivity index (χ4n) is 3.20. The van der Waals surface area contributed by atoms with Crippen LogP contribution in [0.5, 0.6) is 0 Å². The average Bonchev–Trinajstić information content (AvgIpc) is 2.36. The fourth-order valence-corrected chi connectivity index (χ4v) is 3.20. The number of nitrogens with one attached hydrogen (secondary N) is 1. The lowest BCUT2D eigenvalue weighted by Crippen LogP contribution is -2.53. The van der Waals surface area contributed by atoms with Crippen LogP contribution in [0.2, 0.25) is 0 Å². The van der Waals surface area contributed by atoms with Crippen LogP contribution in [-0.2, 0) is 12.0 Å². The van der Waals surface area contributed by atoms with Gasteiger partial charge in [-0.2, -0.15) is 0 Å². The molecule has 0 amide bonds. The summed E-state index contributed by atoms with van der Waals surface area (Å²) in [5.41, 5.74) is 6.08. The number of piperazine rings is 1. The molecule has 1 fully saturated rings. The first kappa shape index (κ1) is 16.5.